The molecule has 0 saturated carbocycles. The Bertz CT molecular complexity index is 754. The maximum atomic E-state index is 13.0. The molecule has 0 radical (unpaired) electrons. The van der Waals surface area contributed by atoms with Crippen molar-refractivity contribution < 1.29 is 18.8 Å². The number of benzene rings is 1. The van der Waals surface area contributed by atoms with Crippen LogP contribution in [-0.4, -0.2) is 34.9 Å². The number of nitrogens with zero attached hydrogens (tertiary/aromatic N) is 1. The zero-order valence-corrected chi connectivity index (χ0v) is 17.4. The monoisotopic (exact) mass is 371 g/mol. The van der Waals surface area contributed by atoms with Crippen LogP contribution in [0, 0.1) is 0 Å². The number of hydrogen-bond donors (Lipinski definition) is 0. The van der Waals surface area contributed by atoms with Gasteiger partial charge in [0.15, 0.2) is 0 Å². The zero-order chi connectivity index (χ0) is 19.8. The Hall–Kier alpha value is -1.53. The van der Waals surface area contributed by atoms with E-state index in [1.54, 1.807) is 0 Å². The molecule has 0 unspecified atom stereocenters. The predicted molar refractivity (Wildman–Crippen MR) is 104 cm³/mol. The lowest BCUT2D eigenvalue weighted by atomic mass is 9.63. The summed E-state index contributed by atoms with van der Waals surface area (Å²) in [6.07, 6.45) is 0.574. The van der Waals surface area contributed by atoms with Crippen molar-refractivity contribution >= 4 is 13.2 Å². The van der Waals surface area contributed by atoms with E-state index in [-0.39, 0.29) is 42.3 Å². The van der Waals surface area contributed by atoms with Crippen LogP contribution in [0.5, 0.6) is 0 Å². The van der Waals surface area contributed by atoms with Gasteiger partial charge in [-0.3, -0.25) is 4.90 Å². The Kier molecular flexibility index (Phi) is 4.00. The van der Waals surface area contributed by atoms with E-state index < -0.39 is 5.60 Å². The topological polar surface area (TPSA) is 48.0 Å². The van der Waals surface area contributed by atoms with E-state index in [4.69, 9.17) is 14.0 Å². The molecule has 0 aliphatic carbocycles. The summed E-state index contributed by atoms with van der Waals surface area (Å²) in [5.74, 6) is 0.0958. The minimum absolute atomic E-state index is 0.0186. The van der Waals surface area contributed by atoms with Crippen molar-refractivity contribution in [2.24, 2.45) is 0 Å². The van der Waals surface area contributed by atoms with Gasteiger partial charge in [0.2, 0.25) is 0 Å². The molecule has 6 heteroatoms. The third-order valence-electron chi connectivity index (χ3n) is 6.44. The van der Waals surface area contributed by atoms with Crippen molar-refractivity contribution in [2.75, 3.05) is 0 Å². The van der Waals surface area contributed by atoms with Crippen molar-refractivity contribution in [2.45, 2.75) is 89.6 Å². The van der Waals surface area contributed by atoms with E-state index in [2.05, 4.69) is 39.8 Å². The standard InChI is InChI=1S/C21H30BNO4/c1-19(2,3)25-18(24)23-16-12-15(17(23)14-11-9-8-10-13(14)16)22-26-20(4,5)21(6,7)27-22/h8-11,15-17H,12H2,1-7H3/t15-,16+,17+/m1/s1. The quantitative estimate of drug-likeness (QED) is 0.660. The summed E-state index contributed by atoms with van der Waals surface area (Å²) in [6.45, 7) is 14.0. The highest BCUT2D eigenvalue weighted by atomic mass is 16.7. The van der Waals surface area contributed by atoms with Gasteiger partial charge in [0.1, 0.15) is 5.60 Å². The average Bonchev–Trinajstić information content (AvgIpc) is 3.12. The minimum Gasteiger partial charge on any atom is -0.444 e. The minimum atomic E-state index is -0.523. The van der Waals surface area contributed by atoms with Crippen molar-refractivity contribution in [3.05, 3.63) is 35.4 Å². The summed E-state index contributed by atoms with van der Waals surface area (Å²) in [5, 5.41) is 0. The van der Waals surface area contributed by atoms with Gasteiger partial charge in [0.05, 0.1) is 23.3 Å². The normalized spacial score (nSPS) is 30.6. The molecule has 1 amide bonds. The molecular weight excluding hydrogens is 341 g/mol. The third kappa shape index (κ3) is 2.88. The molecule has 0 aromatic heterocycles. The van der Waals surface area contributed by atoms with Gasteiger partial charge in [-0.25, -0.2) is 4.79 Å². The number of hydrogen-bond acceptors (Lipinski definition) is 4. The Labute approximate surface area is 162 Å². The lowest BCUT2D eigenvalue weighted by molar-refractivity contribution is 0.00578. The fraction of sp³-hybridized carbons (Fsp3) is 0.667. The van der Waals surface area contributed by atoms with E-state index >= 15 is 0 Å². The molecule has 0 spiro atoms. The van der Waals surface area contributed by atoms with Crippen LogP contribution in [0.4, 0.5) is 4.79 Å². The van der Waals surface area contributed by atoms with Crippen LogP contribution in [0.1, 0.15) is 78.1 Å². The highest BCUT2D eigenvalue weighted by molar-refractivity contribution is 6.48. The first-order valence-electron chi connectivity index (χ1n) is 9.87. The van der Waals surface area contributed by atoms with Gasteiger partial charge in [-0.15, -0.1) is 0 Å². The van der Waals surface area contributed by atoms with Crippen LogP contribution < -0.4 is 0 Å². The fourth-order valence-corrected chi connectivity index (χ4v) is 4.52. The van der Waals surface area contributed by atoms with Crippen molar-refractivity contribution in [1.29, 1.82) is 0 Å². The molecule has 1 aromatic carbocycles. The maximum absolute atomic E-state index is 13.0. The lowest BCUT2D eigenvalue weighted by Gasteiger charge is -2.32. The molecular formula is C21H30BNO4. The third-order valence-corrected chi connectivity index (χ3v) is 6.44. The largest absolute Gasteiger partial charge is 0.463 e. The Morgan fingerprint density at radius 1 is 1.11 bits per heavy atom. The SMILES string of the molecule is CC(C)(C)OC(=O)N1[C@H]2C[C@@H](B3OC(C)(C)C(C)(C)O3)[C@@H]1c1ccccc12. The van der Waals surface area contributed by atoms with Crippen LogP contribution in [0.2, 0.25) is 5.82 Å². The van der Waals surface area contributed by atoms with Crippen LogP contribution >= 0.6 is 0 Å². The molecule has 146 valence electrons. The van der Waals surface area contributed by atoms with Crippen molar-refractivity contribution in [1.82, 2.24) is 4.90 Å². The number of ether oxygens (including phenoxy) is 1. The predicted octanol–water partition coefficient (Wildman–Crippen LogP) is 4.89. The van der Waals surface area contributed by atoms with E-state index in [9.17, 15) is 4.79 Å². The van der Waals surface area contributed by atoms with E-state index in [1.165, 1.54) is 11.1 Å². The van der Waals surface area contributed by atoms with Crippen LogP contribution in [-0.2, 0) is 14.0 Å². The summed E-state index contributed by atoms with van der Waals surface area (Å²) < 4.78 is 18.4. The molecule has 2 saturated heterocycles. The molecule has 3 aliphatic rings. The van der Waals surface area contributed by atoms with Crippen LogP contribution in [0.15, 0.2) is 24.3 Å². The van der Waals surface area contributed by atoms with Crippen LogP contribution in [0.3, 0.4) is 0 Å². The molecule has 5 nitrogen and oxygen atoms in total. The highest BCUT2D eigenvalue weighted by Gasteiger charge is 2.62. The van der Waals surface area contributed by atoms with Gasteiger partial charge in [-0.2, -0.15) is 0 Å². The second kappa shape index (κ2) is 5.74. The molecule has 2 fully saturated rings. The second-order valence-electron chi connectivity index (χ2n) is 10.0. The maximum Gasteiger partial charge on any atom is 0.463 e. The molecule has 27 heavy (non-hydrogen) atoms. The van der Waals surface area contributed by atoms with E-state index in [0.29, 0.717) is 0 Å². The smallest absolute Gasteiger partial charge is 0.444 e. The molecule has 1 aromatic rings. The molecule has 3 atom stereocenters. The van der Waals surface area contributed by atoms with Gasteiger partial charge >= 0.3 is 13.2 Å². The molecule has 2 bridgehead atoms. The number of fused-ring (bicyclic) bond motifs is 5. The Morgan fingerprint density at radius 3 is 2.22 bits per heavy atom. The molecule has 3 heterocycles. The first-order valence-corrected chi connectivity index (χ1v) is 9.87. The van der Waals surface area contributed by atoms with Gasteiger partial charge in [0.25, 0.3) is 0 Å². The molecule has 3 aliphatic heterocycles. The summed E-state index contributed by atoms with van der Waals surface area (Å²) in [5.41, 5.74) is 1.14. The van der Waals surface area contributed by atoms with Gasteiger partial charge < -0.3 is 14.0 Å². The highest BCUT2D eigenvalue weighted by Crippen LogP contribution is 2.61. The van der Waals surface area contributed by atoms with E-state index in [0.717, 1.165) is 6.42 Å². The Morgan fingerprint density at radius 2 is 1.67 bits per heavy atom. The Balaban J connectivity index is 1.67. The molecule has 4 rings (SSSR count). The number of rotatable bonds is 1. The van der Waals surface area contributed by atoms with E-state index in [1.807, 2.05) is 37.8 Å². The summed E-state index contributed by atoms with van der Waals surface area (Å²) in [4.78, 5) is 14.9. The number of carbonyl (C=O) groups excluding carboxylic acids is 1. The lowest BCUT2D eigenvalue weighted by Crippen LogP contribution is -2.41. The van der Waals surface area contributed by atoms with Gasteiger partial charge in [0, 0.05) is 5.82 Å². The first kappa shape index (κ1) is 18.8. The summed E-state index contributed by atoms with van der Waals surface area (Å²) in [7, 11) is -0.330. The van der Waals surface area contributed by atoms with Crippen molar-refractivity contribution in [3.63, 3.8) is 0 Å². The average molecular weight is 371 g/mol. The number of carbonyl (C=O) groups is 1. The summed E-state index contributed by atoms with van der Waals surface area (Å²) >= 11 is 0. The van der Waals surface area contributed by atoms with Gasteiger partial charge in [-0.05, 0) is 66.0 Å². The van der Waals surface area contributed by atoms with Gasteiger partial charge in [-0.1, -0.05) is 24.3 Å². The first-order chi connectivity index (χ1) is 12.4. The summed E-state index contributed by atoms with van der Waals surface area (Å²) in [6, 6.07) is 8.26. The second-order valence-corrected chi connectivity index (χ2v) is 10.0. The van der Waals surface area contributed by atoms with Crippen LogP contribution in [0.25, 0.3) is 0 Å². The number of amides is 1. The van der Waals surface area contributed by atoms with Crippen molar-refractivity contribution in [3.8, 4) is 0 Å². The fourth-order valence-electron chi connectivity index (χ4n) is 4.52. The zero-order valence-electron chi connectivity index (χ0n) is 17.4. The molecule has 0 N–H and O–H groups in total.